The molecule has 0 saturated carbocycles. The first-order valence-corrected chi connectivity index (χ1v) is 10.2. The van der Waals surface area contributed by atoms with Crippen LogP contribution in [-0.2, 0) is 9.16 Å². The minimum absolute atomic E-state index is 0.188. The highest BCUT2D eigenvalue weighted by Gasteiger charge is 2.42. The van der Waals surface area contributed by atoms with Crippen LogP contribution in [0.1, 0.15) is 40.0 Å². The van der Waals surface area contributed by atoms with Gasteiger partial charge >= 0.3 is 0 Å². The Morgan fingerprint density at radius 3 is 2.39 bits per heavy atom. The second kappa shape index (κ2) is 4.89. The van der Waals surface area contributed by atoms with Crippen molar-refractivity contribution in [3.8, 4) is 0 Å². The number of hydrogen-bond donors (Lipinski definition) is 1. The van der Waals surface area contributed by atoms with E-state index in [0.29, 0.717) is 11.1 Å². The number of nitrogens with one attached hydrogen (secondary N) is 1. The summed E-state index contributed by atoms with van der Waals surface area (Å²) in [5.74, 6) is 0. The van der Waals surface area contributed by atoms with E-state index in [1.807, 2.05) is 0 Å². The fourth-order valence-corrected chi connectivity index (χ4v) is 3.40. The summed E-state index contributed by atoms with van der Waals surface area (Å²) >= 11 is 0. The first-order valence-electron chi connectivity index (χ1n) is 7.25. The summed E-state index contributed by atoms with van der Waals surface area (Å²) in [5.41, 5.74) is 0.188. The molecule has 1 spiro atoms. The lowest BCUT2D eigenvalue weighted by molar-refractivity contribution is -0.160. The number of rotatable bonds is 3. The van der Waals surface area contributed by atoms with Gasteiger partial charge in [-0.15, -0.1) is 0 Å². The fourth-order valence-electron chi connectivity index (χ4n) is 2.35. The molecule has 0 bridgehead atoms. The zero-order valence-electron chi connectivity index (χ0n) is 12.6. The molecule has 2 aliphatic heterocycles. The average Bonchev–Trinajstić information content (AvgIpc) is 2.23. The van der Waals surface area contributed by atoms with Crippen LogP contribution in [0.2, 0.25) is 18.1 Å². The van der Waals surface area contributed by atoms with Gasteiger partial charge in [-0.05, 0) is 31.0 Å². The second-order valence-corrected chi connectivity index (χ2v) is 12.3. The summed E-state index contributed by atoms with van der Waals surface area (Å²) < 4.78 is 12.0. The maximum atomic E-state index is 6.29. The number of hydrogen-bond acceptors (Lipinski definition) is 3. The van der Waals surface area contributed by atoms with Crippen LogP contribution in [0.4, 0.5) is 0 Å². The molecule has 106 valence electrons. The molecular weight excluding hydrogens is 242 g/mol. The topological polar surface area (TPSA) is 30.5 Å². The lowest BCUT2D eigenvalue weighted by Gasteiger charge is -2.47. The zero-order chi connectivity index (χ0) is 13.4. The third kappa shape index (κ3) is 2.98. The molecule has 2 aliphatic rings. The summed E-state index contributed by atoms with van der Waals surface area (Å²) in [7, 11) is -1.59. The van der Waals surface area contributed by atoms with E-state index in [1.165, 1.54) is 19.3 Å². The lowest BCUT2D eigenvalue weighted by Crippen LogP contribution is -2.58. The van der Waals surface area contributed by atoms with Crippen molar-refractivity contribution in [1.82, 2.24) is 5.32 Å². The zero-order valence-corrected chi connectivity index (χ0v) is 13.6. The Morgan fingerprint density at radius 2 is 2.00 bits per heavy atom. The minimum Gasteiger partial charge on any atom is -0.415 e. The van der Waals surface area contributed by atoms with Crippen LogP contribution < -0.4 is 5.32 Å². The molecule has 2 rings (SSSR count). The van der Waals surface area contributed by atoms with Crippen LogP contribution in [0.25, 0.3) is 0 Å². The van der Waals surface area contributed by atoms with E-state index < -0.39 is 8.32 Å². The van der Waals surface area contributed by atoms with Crippen molar-refractivity contribution in [3.63, 3.8) is 0 Å². The number of piperidine rings is 1. The van der Waals surface area contributed by atoms with Gasteiger partial charge in [0.15, 0.2) is 8.32 Å². The van der Waals surface area contributed by atoms with E-state index in [1.54, 1.807) is 0 Å². The quantitative estimate of drug-likeness (QED) is 0.801. The summed E-state index contributed by atoms with van der Waals surface area (Å²) in [6, 6.07) is 0.522. The minimum atomic E-state index is -1.59. The second-order valence-electron chi connectivity index (χ2n) is 7.47. The monoisotopic (exact) mass is 271 g/mol. The van der Waals surface area contributed by atoms with Gasteiger partial charge in [0.2, 0.25) is 0 Å². The van der Waals surface area contributed by atoms with Gasteiger partial charge < -0.3 is 14.5 Å². The van der Waals surface area contributed by atoms with Gasteiger partial charge in [-0.1, -0.05) is 20.8 Å². The molecule has 3 nitrogen and oxygen atoms in total. The van der Waals surface area contributed by atoms with E-state index in [4.69, 9.17) is 9.16 Å². The number of ether oxygens (including phenoxy) is 1. The van der Waals surface area contributed by atoms with Crippen LogP contribution in [0.5, 0.6) is 0 Å². The van der Waals surface area contributed by atoms with Crippen molar-refractivity contribution in [2.45, 2.75) is 69.8 Å². The van der Waals surface area contributed by atoms with Crippen molar-refractivity contribution in [1.29, 1.82) is 0 Å². The van der Waals surface area contributed by atoms with Crippen LogP contribution in [0.15, 0.2) is 0 Å². The van der Waals surface area contributed by atoms with Crippen molar-refractivity contribution in [2.75, 3.05) is 19.8 Å². The standard InChI is InChI=1S/C14H29NO2Si/c1-13(2,3)18(4,5)17-10-12-6-7-14(11-15-12)8-9-16-14/h12,15H,6-11H2,1-5H3/t12-,14-/m0/s1. The third-order valence-electron chi connectivity index (χ3n) is 5.08. The first-order chi connectivity index (χ1) is 8.24. The van der Waals surface area contributed by atoms with Gasteiger partial charge in [-0.2, -0.15) is 0 Å². The van der Waals surface area contributed by atoms with Crippen molar-refractivity contribution in [2.24, 2.45) is 0 Å². The molecule has 2 saturated heterocycles. The highest BCUT2D eigenvalue weighted by Crippen LogP contribution is 2.37. The van der Waals surface area contributed by atoms with E-state index in [9.17, 15) is 0 Å². The summed E-state index contributed by atoms with van der Waals surface area (Å²) in [6.45, 7) is 14.4. The normalized spacial score (nSPS) is 33.5. The summed E-state index contributed by atoms with van der Waals surface area (Å²) in [6.07, 6.45) is 3.62. The maximum Gasteiger partial charge on any atom is 0.192 e. The molecular formula is C14H29NO2Si. The van der Waals surface area contributed by atoms with Gasteiger partial charge in [0.1, 0.15) is 0 Å². The van der Waals surface area contributed by atoms with Crippen molar-refractivity contribution in [3.05, 3.63) is 0 Å². The predicted octanol–water partition coefficient (Wildman–Crippen LogP) is 2.92. The highest BCUT2D eigenvalue weighted by molar-refractivity contribution is 6.74. The molecule has 2 heterocycles. The molecule has 18 heavy (non-hydrogen) atoms. The van der Waals surface area contributed by atoms with E-state index in [0.717, 1.165) is 19.8 Å². The Morgan fingerprint density at radius 1 is 1.33 bits per heavy atom. The molecule has 2 atom stereocenters. The van der Waals surface area contributed by atoms with Crippen LogP contribution in [-0.4, -0.2) is 39.7 Å². The Bertz CT molecular complexity index is 285. The maximum absolute atomic E-state index is 6.29. The molecule has 0 aliphatic carbocycles. The van der Waals surface area contributed by atoms with Crippen molar-refractivity contribution < 1.29 is 9.16 Å². The summed E-state index contributed by atoms with van der Waals surface area (Å²) in [5, 5.41) is 3.91. The molecule has 0 aromatic heterocycles. The molecule has 0 aromatic rings. The Hall–Kier alpha value is 0.0969. The van der Waals surface area contributed by atoms with E-state index in [2.05, 4.69) is 39.2 Å². The molecule has 0 aromatic carbocycles. The van der Waals surface area contributed by atoms with Gasteiger partial charge in [-0.3, -0.25) is 0 Å². The van der Waals surface area contributed by atoms with Crippen LogP contribution >= 0.6 is 0 Å². The fraction of sp³-hybridized carbons (Fsp3) is 1.00. The van der Waals surface area contributed by atoms with Crippen LogP contribution in [0, 0.1) is 0 Å². The SMILES string of the molecule is CC(C)(C)[Si](C)(C)OC[C@@H]1CC[C@]2(CCO2)CN1. The van der Waals surface area contributed by atoms with E-state index in [-0.39, 0.29) is 5.60 Å². The lowest BCUT2D eigenvalue weighted by atomic mass is 9.84. The first kappa shape index (κ1) is 14.5. The highest BCUT2D eigenvalue weighted by atomic mass is 28.4. The molecule has 0 radical (unpaired) electrons. The molecule has 1 N–H and O–H groups in total. The molecule has 4 heteroatoms. The largest absolute Gasteiger partial charge is 0.415 e. The predicted molar refractivity (Wildman–Crippen MR) is 77.5 cm³/mol. The Balaban J connectivity index is 1.75. The molecule has 0 amide bonds. The smallest absolute Gasteiger partial charge is 0.192 e. The Labute approximate surface area is 113 Å². The summed E-state index contributed by atoms with van der Waals surface area (Å²) in [4.78, 5) is 0. The average molecular weight is 271 g/mol. The molecule has 2 fully saturated rings. The van der Waals surface area contributed by atoms with Crippen molar-refractivity contribution >= 4 is 8.32 Å². The molecule has 0 unspecified atom stereocenters. The van der Waals surface area contributed by atoms with Crippen LogP contribution in [0.3, 0.4) is 0 Å². The van der Waals surface area contributed by atoms with Gasteiger partial charge in [0, 0.05) is 25.6 Å². The van der Waals surface area contributed by atoms with E-state index >= 15 is 0 Å². The van der Waals surface area contributed by atoms with Gasteiger partial charge in [0.25, 0.3) is 0 Å². The van der Waals surface area contributed by atoms with Gasteiger partial charge in [0.05, 0.1) is 12.2 Å². The third-order valence-corrected chi connectivity index (χ3v) is 9.58. The van der Waals surface area contributed by atoms with Gasteiger partial charge in [-0.25, -0.2) is 0 Å². The Kier molecular flexibility index (Phi) is 3.94.